The Morgan fingerprint density at radius 3 is 2.74 bits per heavy atom. The van der Waals surface area contributed by atoms with Crippen LogP contribution in [0.2, 0.25) is 0 Å². The van der Waals surface area contributed by atoms with E-state index in [2.05, 4.69) is 15.0 Å². The van der Waals surface area contributed by atoms with E-state index in [9.17, 15) is 17.6 Å². The second-order valence-electron chi connectivity index (χ2n) is 9.66. The van der Waals surface area contributed by atoms with E-state index >= 15 is 4.39 Å². The minimum atomic E-state index is -4.59. The van der Waals surface area contributed by atoms with Crippen molar-refractivity contribution in [3.63, 3.8) is 0 Å². The highest BCUT2D eigenvalue weighted by molar-refractivity contribution is 8.15. The highest BCUT2D eigenvalue weighted by Crippen LogP contribution is 2.66. The monoisotopic (exact) mass is 562 g/mol. The summed E-state index contributed by atoms with van der Waals surface area (Å²) in [5.74, 6) is 1.21. The lowest BCUT2D eigenvalue weighted by atomic mass is 9.84. The number of ether oxygens (including phenoxy) is 2. The van der Waals surface area contributed by atoms with E-state index in [-0.39, 0.29) is 28.4 Å². The van der Waals surface area contributed by atoms with Crippen LogP contribution in [-0.4, -0.2) is 46.4 Å². The molecule has 1 fully saturated rings. The largest absolute Gasteiger partial charge is 0.479 e. The quantitative estimate of drug-likeness (QED) is 0.318. The number of fused-ring (bicyclic) bond motifs is 2. The summed E-state index contributed by atoms with van der Waals surface area (Å²) in [6.45, 7) is 1.73. The zero-order valence-corrected chi connectivity index (χ0v) is 21.7. The molecule has 3 atom stereocenters. The number of aromatic nitrogens is 2. The van der Waals surface area contributed by atoms with Gasteiger partial charge in [-0.1, -0.05) is 17.7 Å². The summed E-state index contributed by atoms with van der Waals surface area (Å²) in [6, 6.07) is 5.98. The number of methoxy groups -OCH3 is 1. The maximum absolute atomic E-state index is 15.2. The summed E-state index contributed by atoms with van der Waals surface area (Å²) in [5.41, 5.74) is 6.63. The van der Waals surface area contributed by atoms with Gasteiger partial charge in [-0.25, -0.2) is 8.78 Å². The summed E-state index contributed by atoms with van der Waals surface area (Å²) >= 11 is 1.41. The van der Waals surface area contributed by atoms with Crippen LogP contribution in [0.25, 0.3) is 10.9 Å². The number of pyridine rings is 2. The maximum Gasteiger partial charge on any atom is 0.457 e. The standard InChI is InChI=1S/C27H23F5N4O2S/c1-25(21-12-26(21,14-37-2)39-24(33)36-25)18-8-15(9-19(28)22(18)29)10-20-23-16(4-6-34-20)11-17(13-35-23)38-7-3-5-27(30,31)32/h4,6,8-9,11,13,21H,7,10,12,14H2,1-2H3,(H2,33,36)/t21-,25+,26+/m0/s1. The van der Waals surface area contributed by atoms with Crippen LogP contribution in [0.15, 0.2) is 41.7 Å². The summed E-state index contributed by atoms with van der Waals surface area (Å²) in [7, 11) is 1.59. The highest BCUT2D eigenvalue weighted by atomic mass is 32.2. The Hall–Kier alpha value is -3.43. The minimum Gasteiger partial charge on any atom is -0.479 e. The molecule has 0 saturated heterocycles. The molecule has 2 N–H and O–H groups in total. The molecule has 0 radical (unpaired) electrons. The lowest BCUT2D eigenvalue weighted by Crippen LogP contribution is -2.38. The topological polar surface area (TPSA) is 82.6 Å². The van der Waals surface area contributed by atoms with Crippen molar-refractivity contribution < 1.29 is 31.4 Å². The molecule has 0 amide bonds. The first-order valence-corrected chi connectivity index (χ1v) is 12.7. The number of thioether (sulfide) groups is 1. The Labute approximate surface area is 225 Å². The van der Waals surface area contributed by atoms with E-state index in [0.29, 0.717) is 40.4 Å². The van der Waals surface area contributed by atoms with E-state index in [1.165, 1.54) is 24.2 Å². The molecule has 3 aromatic rings. The molecule has 1 saturated carbocycles. The number of hydrogen-bond donors (Lipinski definition) is 1. The first kappa shape index (κ1) is 27.1. The molecular formula is C27H23F5N4O2S. The van der Waals surface area contributed by atoms with Gasteiger partial charge in [-0.3, -0.25) is 15.0 Å². The molecular weight excluding hydrogens is 539 g/mol. The fourth-order valence-electron chi connectivity index (χ4n) is 5.20. The van der Waals surface area contributed by atoms with E-state index in [1.54, 1.807) is 32.2 Å². The Morgan fingerprint density at radius 2 is 2.00 bits per heavy atom. The first-order chi connectivity index (χ1) is 18.4. The SMILES string of the molecule is COC[C@]12C[C@H]1[C@@](C)(c1cc(Cc3nccc4cc(OCC#CC(F)(F)F)cnc34)cc(F)c1F)N=C(N)S2. The third-order valence-corrected chi connectivity index (χ3v) is 8.21. The molecule has 204 valence electrons. The Kier molecular flexibility index (Phi) is 6.93. The number of hydrogen-bond acceptors (Lipinski definition) is 7. The van der Waals surface area contributed by atoms with Gasteiger partial charge < -0.3 is 15.2 Å². The number of rotatable bonds is 7. The molecule has 0 bridgehead atoms. The van der Waals surface area contributed by atoms with Gasteiger partial charge in [0.1, 0.15) is 12.4 Å². The molecule has 2 aliphatic rings. The number of nitrogens with two attached hydrogens (primary N) is 1. The Balaban J connectivity index is 1.44. The van der Waals surface area contributed by atoms with Crippen molar-refractivity contribution in [3.8, 4) is 17.6 Å². The fraction of sp³-hybridized carbons (Fsp3) is 0.370. The molecule has 1 aromatic carbocycles. The van der Waals surface area contributed by atoms with E-state index in [1.807, 2.05) is 5.92 Å². The summed E-state index contributed by atoms with van der Waals surface area (Å²) in [5, 5.41) is 0.913. The van der Waals surface area contributed by atoms with Crippen LogP contribution >= 0.6 is 11.8 Å². The van der Waals surface area contributed by atoms with E-state index in [4.69, 9.17) is 15.2 Å². The molecule has 1 aliphatic carbocycles. The maximum atomic E-state index is 15.2. The number of halogens is 5. The van der Waals surface area contributed by atoms with Crippen LogP contribution in [0.5, 0.6) is 5.75 Å². The Bertz CT molecular complexity index is 1540. The van der Waals surface area contributed by atoms with E-state index < -0.39 is 30.0 Å². The van der Waals surface area contributed by atoms with Crippen LogP contribution < -0.4 is 10.5 Å². The molecule has 2 aromatic heterocycles. The average molecular weight is 563 g/mol. The second-order valence-corrected chi connectivity index (χ2v) is 11.1. The van der Waals surface area contributed by atoms with Gasteiger partial charge in [0, 0.05) is 42.5 Å². The molecule has 3 heterocycles. The zero-order chi connectivity index (χ0) is 28.0. The van der Waals surface area contributed by atoms with Gasteiger partial charge in [-0.2, -0.15) is 13.2 Å². The lowest BCUT2D eigenvalue weighted by Gasteiger charge is -2.34. The summed E-state index contributed by atoms with van der Waals surface area (Å²) in [6.07, 6.45) is -0.868. The number of benzene rings is 1. The Morgan fingerprint density at radius 1 is 1.21 bits per heavy atom. The van der Waals surface area contributed by atoms with Crippen molar-refractivity contribution in [3.05, 3.63) is 65.1 Å². The predicted molar refractivity (Wildman–Crippen MR) is 137 cm³/mol. The fourth-order valence-corrected chi connectivity index (χ4v) is 6.65. The third-order valence-electron chi connectivity index (χ3n) is 6.94. The third kappa shape index (κ3) is 5.38. The predicted octanol–water partition coefficient (Wildman–Crippen LogP) is 5.13. The van der Waals surface area contributed by atoms with Gasteiger partial charge in [0.05, 0.1) is 34.3 Å². The van der Waals surface area contributed by atoms with Crippen LogP contribution in [-0.2, 0) is 16.7 Å². The molecule has 12 heteroatoms. The highest BCUT2D eigenvalue weighted by Gasteiger charge is 2.66. The number of nitrogens with zero attached hydrogens (tertiary/aromatic N) is 3. The molecule has 0 spiro atoms. The smallest absolute Gasteiger partial charge is 0.457 e. The van der Waals surface area contributed by atoms with Crippen molar-refractivity contribution in [2.75, 3.05) is 20.3 Å². The normalized spacial score (nSPS) is 24.0. The first-order valence-electron chi connectivity index (χ1n) is 11.9. The van der Waals surface area contributed by atoms with Crippen molar-refractivity contribution in [1.29, 1.82) is 0 Å². The van der Waals surface area contributed by atoms with E-state index in [0.717, 1.165) is 12.0 Å². The van der Waals surface area contributed by atoms with Gasteiger partial charge in [-0.15, -0.1) is 0 Å². The van der Waals surface area contributed by atoms with Gasteiger partial charge in [0.25, 0.3) is 0 Å². The van der Waals surface area contributed by atoms with Gasteiger partial charge in [0.15, 0.2) is 16.8 Å². The van der Waals surface area contributed by atoms with Gasteiger partial charge in [0.2, 0.25) is 0 Å². The van der Waals surface area contributed by atoms with Crippen molar-refractivity contribution in [1.82, 2.24) is 9.97 Å². The average Bonchev–Trinajstić information content (AvgIpc) is 3.58. The van der Waals surface area contributed by atoms with Crippen LogP contribution in [0, 0.1) is 29.4 Å². The molecule has 1 aliphatic heterocycles. The molecule has 5 rings (SSSR count). The number of alkyl halides is 3. The minimum absolute atomic E-state index is 0.0806. The number of amidine groups is 1. The van der Waals surface area contributed by atoms with Crippen molar-refractivity contribution in [2.24, 2.45) is 16.6 Å². The van der Waals surface area contributed by atoms with Gasteiger partial charge in [-0.05, 0) is 43.2 Å². The van der Waals surface area contributed by atoms with Crippen molar-refractivity contribution in [2.45, 2.75) is 36.2 Å². The summed E-state index contributed by atoms with van der Waals surface area (Å²) < 4.78 is 77.0. The lowest BCUT2D eigenvalue weighted by molar-refractivity contribution is -0.0698. The van der Waals surface area contributed by atoms with Crippen molar-refractivity contribution >= 4 is 27.8 Å². The van der Waals surface area contributed by atoms with Crippen LogP contribution in [0.4, 0.5) is 22.0 Å². The van der Waals surface area contributed by atoms with Crippen LogP contribution in [0.3, 0.4) is 0 Å². The second kappa shape index (κ2) is 9.95. The summed E-state index contributed by atoms with van der Waals surface area (Å²) in [4.78, 5) is 13.3. The van der Waals surface area contributed by atoms with Gasteiger partial charge >= 0.3 is 6.18 Å². The number of aliphatic imine (C=N–C) groups is 1. The molecule has 39 heavy (non-hydrogen) atoms. The van der Waals surface area contributed by atoms with Crippen LogP contribution in [0.1, 0.15) is 30.2 Å². The molecule has 0 unspecified atom stereocenters. The molecule has 6 nitrogen and oxygen atoms in total. The zero-order valence-electron chi connectivity index (χ0n) is 20.9.